The van der Waals surface area contributed by atoms with E-state index in [-0.39, 0.29) is 5.25 Å². The molecule has 0 aromatic rings. The number of nitrogens with two attached hydrogens (primary N) is 1. The van der Waals surface area contributed by atoms with Crippen molar-refractivity contribution in [2.75, 3.05) is 20.6 Å². The summed E-state index contributed by atoms with van der Waals surface area (Å²) in [4.78, 5) is 1.87. The molecule has 0 aliphatic carbocycles. The zero-order valence-corrected chi connectivity index (χ0v) is 7.43. The number of nitrogens with zero attached hydrogens (tertiary/aromatic N) is 1. The van der Waals surface area contributed by atoms with Crippen LogP contribution in [0.4, 0.5) is 0 Å². The summed E-state index contributed by atoms with van der Waals surface area (Å²) in [5.74, 6) is 0. The molecule has 0 amide bonds. The average molecular weight is 168 g/mol. The van der Waals surface area contributed by atoms with Gasteiger partial charge in [-0.25, -0.2) is 5.14 Å². The van der Waals surface area contributed by atoms with Gasteiger partial charge < -0.3 is 4.90 Å². The van der Waals surface area contributed by atoms with E-state index in [0.29, 0.717) is 6.54 Å². The van der Waals surface area contributed by atoms with Gasteiger partial charge in [-0.3, -0.25) is 9.11 Å². The first-order chi connectivity index (χ1) is 4.34. The smallest absolute Gasteiger partial charge is 0.0734 e. The summed E-state index contributed by atoms with van der Waals surface area (Å²) in [7, 11) is 0.886. The van der Waals surface area contributed by atoms with Gasteiger partial charge in [-0.2, -0.15) is 0 Å². The number of rotatable bonds is 3. The Morgan fingerprint density at radius 3 is 2.00 bits per heavy atom. The summed E-state index contributed by atoms with van der Waals surface area (Å²) in [6.45, 7) is 2.31. The Bertz CT molecular complexity index is 102. The first kappa shape index (κ1) is 10.2. The molecule has 1 unspecified atom stereocenters. The van der Waals surface area contributed by atoms with Crippen LogP contribution in [0.3, 0.4) is 0 Å². The third kappa shape index (κ3) is 4.08. The molecular weight excluding hydrogens is 152 g/mol. The molecule has 0 rings (SSSR count). The van der Waals surface area contributed by atoms with Gasteiger partial charge in [0.05, 0.1) is 5.25 Å². The van der Waals surface area contributed by atoms with Crippen LogP contribution in [0.5, 0.6) is 0 Å². The third-order valence-corrected chi connectivity index (χ3v) is 2.55. The van der Waals surface area contributed by atoms with Crippen molar-refractivity contribution in [1.29, 1.82) is 0 Å². The highest BCUT2D eigenvalue weighted by molar-refractivity contribution is 8.22. The monoisotopic (exact) mass is 168 g/mol. The van der Waals surface area contributed by atoms with Crippen molar-refractivity contribution in [2.45, 2.75) is 12.2 Å². The highest BCUT2D eigenvalue weighted by Gasteiger charge is 2.16. The highest BCUT2D eigenvalue weighted by Crippen LogP contribution is 2.34. The van der Waals surface area contributed by atoms with Crippen molar-refractivity contribution in [3.05, 3.63) is 0 Å². The summed E-state index contributed by atoms with van der Waals surface area (Å²) in [5.41, 5.74) is 0. The van der Waals surface area contributed by atoms with Gasteiger partial charge in [0.15, 0.2) is 0 Å². The predicted molar refractivity (Wildman–Crippen MR) is 45.1 cm³/mol. The van der Waals surface area contributed by atoms with E-state index in [4.69, 9.17) is 14.2 Å². The van der Waals surface area contributed by atoms with E-state index in [9.17, 15) is 0 Å². The van der Waals surface area contributed by atoms with E-state index in [1.807, 2.05) is 19.0 Å². The van der Waals surface area contributed by atoms with E-state index in [0.717, 1.165) is 0 Å². The van der Waals surface area contributed by atoms with Crippen molar-refractivity contribution in [3.8, 4) is 0 Å². The lowest BCUT2D eigenvalue weighted by Crippen LogP contribution is -2.31. The normalized spacial score (nSPS) is 17.5. The first-order valence-corrected chi connectivity index (χ1v) is 4.71. The molecule has 0 bridgehead atoms. The summed E-state index contributed by atoms with van der Waals surface area (Å²) in [5, 5.41) is 4.83. The Hall–Kier alpha value is 0.190. The van der Waals surface area contributed by atoms with E-state index < -0.39 is 10.8 Å². The first-order valence-electron chi connectivity index (χ1n) is 3.03. The minimum Gasteiger partial charge on any atom is -0.308 e. The molecule has 0 radical (unpaired) electrons. The number of hydrogen-bond acceptors (Lipinski definition) is 4. The van der Waals surface area contributed by atoms with Crippen LogP contribution in [0.25, 0.3) is 0 Å². The standard InChI is InChI=1S/C5H16N2O2S/c1-5(4-7(2)3)10(6,8)9/h5,8-9H,4,6H2,1-3H3. The molecule has 0 heterocycles. The summed E-state index contributed by atoms with van der Waals surface area (Å²) in [6.07, 6.45) is 0. The van der Waals surface area contributed by atoms with Crippen LogP contribution in [-0.4, -0.2) is 39.9 Å². The Labute approximate surface area is 63.5 Å². The van der Waals surface area contributed by atoms with Gasteiger partial charge in [0.25, 0.3) is 0 Å². The second kappa shape index (κ2) is 3.54. The average Bonchev–Trinajstić information content (AvgIpc) is 1.60. The van der Waals surface area contributed by atoms with Gasteiger partial charge in [-0.1, -0.05) is 0 Å². The molecule has 0 saturated heterocycles. The molecule has 4 N–H and O–H groups in total. The van der Waals surface area contributed by atoms with Crippen molar-refractivity contribution in [3.63, 3.8) is 0 Å². The van der Waals surface area contributed by atoms with Crippen molar-refractivity contribution in [1.82, 2.24) is 4.90 Å². The van der Waals surface area contributed by atoms with Gasteiger partial charge in [-0.05, 0) is 21.0 Å². The molecule has 0 aromatic carbocycles. The molecule has 0 fully saturated rings. The summed E-state index contributed by atoms with van der Waals surface area (Å²) in [6, 6.07) is 0. The second-order valence-electron chi connectivity index (χ2n) is 2.71. The van der Waals surface area contributed by atoms with E-state index in [1.54, 1.807) is 6.92 Å². The Balaban J connectivity index is 3.73. The lowest BCUT2D eigenvalue weighted by atomic mass is 10.4. The van der Waals surface area contributed by atoms with Crippen LogP contribution in [0.2, 0.25) is 0 Å². The molecule has 64 valence electrons. The quantitative estimate of drug-likeness (QED) is 0.576. The maximum Gasteiger partial charge on any atom is 0.0734 e. The van der Waals surface area contributed by atoms with Gasteiger partial charge in [-0.15, -0.1) is 10.8 Å². The Morgan fingerprint density at radius 1 is 1.50 bits per heavy atom. The maximum atomic E-state index is 8.93. The van der Waals surface area contributed by atoms with Gasteiger partial charge in [0.1, 0.15) is 0 Å². The maximum absolute atomic E-state index is 8.93. The SMILES string of the molecule is CC(CN(C)C)S(N)(O)O. The predicted octanol–water partition coefficient (Wildman–Crippen LogP) is 0.561. The summed E-state index contributed by atoms with van der Waals surface area (Å²) < 4.78 is 17.9. The minimum absolute atomic E-state index is 0.262. The molecule has 1 atom stereocenters. The van der Waals surface area contributed by atoms with Crippen molar-refractivity contribution in [2.24, 2.45) is 5.14 Å². The van der Waals surface area contributed by atoms with Crippen LogP contribution in [0.15, 0.2) is 0 Å². The van der Waals surface area contributed by atoms with E-state index in [1.165, 1.54) is 0 Å². The molecular formula is C5H16N2O2S. The number of hydrogen-bond donors (Lipinski definition) is 3. The van der Waals surface area contributed by atoms with E-state index >= 15 is 0 Å². The molecule has 10 heavy (non-hydrogen) atoms. The molecule has 5 heteroatoms. The van der Waals surface area contributed by atoms with Crippen LogP contribution in [-0.2, 0) is 0 Å². The fourth-order valence-corrected chi connectivity index (χ4v) is 1.14. The zero-order chi connectivity index (χ0) is 8.36. The highest BCUT2D eigenvalue weighted by atomic mass is 32.3. The lowest BCUT2D eigenvalue weighted by Gasteiger charge is -2.34. The van der Waals surface area contributed by atoms with Gasteiger partial charge in [0.2, 0.25) is 0 Å². The minimum atomic E-state index is -2.84. The molecule has 0 aliphatic rings. The third-order valence-electron chi connectivity index (χ3n) is 1.21. The fourth-order valence-electron chi connectivity index (χ4n) is 0.624. The molecule has 0 spiro atoms. The molecule has 4 nitrogen and oxygen atoms in total. The van der Waals surface area contributed by atoms with Crippen LogP contribution >= 0.6 is 10.8 Å². The van der Waals surface area contributed by atoms with Crippen molar-refractivity contribution < 1.29 is 9.11 Å². The van der Waals surface area contributed by atoms with Gasteiger partial charge in [0, 0.05) is 6.54 Å². The largest absolute Gasteiger partial charge is 0.308 e. The summed E-state index contributed by atoms with van der Waals surface area (Å²) >= 11 is 0. The van der Waals surface area contributed by atoms with Crippen LogP contribution < -0.4 is 5.14 Å². The molecule has 0 saturated carbocycles. The Morgan fingerprint density at radius 2 is 1.90 bits per heavy atom. The van der Waals surface area contributed by atoms with Crippen molar-refractivity contribution >= 4 is 10.8 Å². The second-order valence-corrected chi connectivity index (χ2v) is 4.80. The van der Waals surface area contributed by atoms with Crippen LogP contribution in [0.1, 0.15) is 6.92 Å². The topological polar surface area (TPSA) is 69.7 Å². The van der Waals surface area contributed by atoms with E-state index in [2.05, 4.69) is 0 Å². The molecule has 0 aromatic heterocycles. The van der Waals surface area contributed by atoms with Crippen LogP contribution in [0, 0.1) is 0 Å². The lowest BCUT2D eigenvalue weighted by molar-refractivity contribution is 0.388. The van der Waals surface area contributed by atoms with Gasteiger partial charge >= 0.3 is 0 Å². The Kier molecular flexibility index (Phi) is 3.61. The molecule has 0 aliphatic heterocycles. The fraction of sp³-hybridized carbons (Fsp3) is 1.00. The zero-order valence-electron chi connectivity index (χ0n) is 6.61.